The normalized spacial score (nSPS) is 28.1. The van der Waals surface area contributed by atoms with Crippen LogP contribution in [-0.2, 0) is 22.7 Å². The van der Waals surface area contributed by atoms with Crippen molar-refractivity contribution in [1.82, 2.24) is 15.1 Å². The number of fused-ring (bicyclic) bond motifs is 1. The molecule has 0 bridgehead atoms. The number of amides is 3. The van der Waals surface area contributed by atoms with Crippen molar-refractivity contribution in [1.29, 1.82) is 0 Å². The lowest BCUT2D eigenvalue weighted by atomic mass is 9.84. The van der Waals surface area contributed by atoms with E-state index in [1.165, 1.54) is 0 Å². The maximum Gasteiger partial charge on any atom is 0.255 e. The molecular formula is C22H30N4O3. The monoisotopic (exact) mass is 398 g/mol. The van der Waals surface area contributed by atoms with Gasteiger partial charge in [0.1, 0.15) is 6.04 Å². The Morgan fingerprint density at radius 1 is 1.21 bits per heavy atom. The molecule has 4 rings (SSSR count). The van der Waals surface area contributed by atoms with Gasteiger partial charge in [0.05, 0.1) is 0 Å². The van der Waals surface area contributed by atoms with Gasteiger partial charge in [-0.1, -0.05) is 26.0 Å². The van der Waals surface area contributed by atoms with Crippen molar-refractivity contribution in [2.24, 2.45) is 17.6 Å². The first-order valence-electron chi connectivity index (χ1n) is 10.6. The molecule has 2 fully saturated rings. The number of hydrogen-bond acceptors (Lipinski definition) is 5. The molecule has 3 unspecified atom stereocenters. The van der Waals surface area contributed by atoms with Crippen LogP contribution < -0.4 is 11.1 Å². The average Bonchev–Trinajstić information content (AvgIpc) is 3.01. The summed E-state index contributed by atoms with van der Waals surface area (Å²) in [7, 11) is 0. The van der Waals surface area contributed by atoms with Crippen molar-refractivity contribution in [2.75, 3.05) is 13.1 Å². The summed E-state index contributed by atoms with van der Waals surface area (Å²) in [6.07, 6.45) is 1.65. The van der Waals surface area contributed by atoms with Crippen molar-refractivity contribution in [2.45, 2.75) is 58.3 Å². The van der Waals surface area contributed by atoms with Crippen molar-refractivity contribution in [3.8, 4) is 0 Å². The standard InChI is InChI=1S/C22H30N4O3/c1-13(2)16-11-25(9-8-18(16)23)10-14-4-3-5-15-17(14)12-26(22(15)29)19-6-7-20(27)24-21(19)28/h3-5,13,16,18-19H,6-12,23H2,1-2H3,(H,24,27,28). The summed E-state index contributed by atoms with van der Waals surface area (Å²) in [6, 6.07) is 5.53. The van der Waals surface area contributed by atoms with Gasteiger partial charge in [0.2, 0.25) is 11.8 Å². The van der Waals surface area contributed by atoms with Crippen LogP contribution in [0.3, 0.4) is 0 Å². The molecular weight excluding hydrogens is 368 g/mol. The molecule has 3 aliphatic rings. The lowest BCUT2D eigenvalue weighted by Gasteiger charge is -2.39. The lowest BCUT2D eigenvalue weighted by Crippen LogP contribution is -2.52. The van der Waals surface area contributed by atoms with Crippen LogP contribution >= 0.6 is 0 Å². The highest BCUT2D eigenvalue weighted by Crippen LogP contribution is 2.31. The number of nitrogens with zero attached hydrogens (tertiary/aromatic N) is 2. The minimum atomic E-state index is -0.571. The van der Waals surface area contributed by atoms with E-state index in [2.05, 4.69) is 30.1 Å². The molecule has 3 aliphatic heterocycles. The minimum absolute atomic E-state index is 0.114. The number of carbonyl (C=O) groups excluding carboxylic acids is 3. The Balaban J connectivity index is 1.51. The van der Waals surface area contributed by atoms with Gasteiger partial charge in [-0.2, -0.15) is 0 Å². The molecule has 156 valence electrons. The van der Waals surface area contributed by atoms with Crippen LogP contribution in [0.15, 0.2) is 18.2 Å². The van der Waals surface area contributed by atoms with E-state index in [4.69, 9.17) is 5.73 Å². The third-order valence-corrected chi connectivity index (χ3v) is 6.73. The fourth-order valence-electron chi connectivity index (χ4n) is 4.96. The van der Waals surface area contributed by atoms with E-state index in [9.17, 15) is 14.4 Å². The summed E-state index contributed by atoms with van der Waals surface area (Å²) < 4.78 is 0. The smallest absolute Gasteiger partial charge is 0.255 e. The number of piperidine rings is 2. The second-order valence-electron chi connectivity index (χ2n) is 8.94. The van der Waals surface area contributed by atoms with Gasteiger partial charge in [-0.3, -0.25) is 24.6 Å². The van der Waals surface area contributed by atoms with Gasteiger partial charge >= 0.3 is 0 Å². The highest BCUT2D eigenvalue weighted by molar-refractivity contribution is 6.05. The summed E-state index contributed by atoms with van der Waals surface area (Å²) in [5, 5.41) is 2.36. The first-order chi connectivity index (χ1) is 13.8. The minimum Gasteiger partial charge on any atom is -0.327 e. The second kappa shape index (κ2) is 7.88. The van der Waals surface area contributed by atoms with Gasteiger partial charge in [-0.15, -0.1) is 0 Å². The Bertz CT molecular complexity index is 837. The number of hydrogen-bond donors (Lipinski definition) is 2. The van der Waals surface area contributed by atoms with Gasteiger partial charge in [-0.05, 0) is 48.4 Å². The third-order valence-electron chi connectivity index (χ3n) is 6.73. The summed E-state index contributed by atoms with van der Waals surface area (Å²) in [4.78, 5) is 40.8. The van der Waals surface area contributed by atoms with Gasteiger partial charge < -0.3 is 10.6 Å². The van der Waals surface area contributed by atoms with E-state index >= 15 is 0 Å². The maximum atomic E-state index is 13.0. The molecule has 0 saturated carbocycles. The molecule has 2 saturated heterocycles. The van der Waals surface area contributed by atoms with E-state index in [1.54, 1.807) is 4.90 Å². The molecule has 3 amide bonds. The molecule has 0 aromatic heterocycles. The highest BCUT2D eigenvalue weighted by Gasteiger charge is 2.40. The lowest BCUT2D eigenvalue weighted by molar-refractivity contribution is -0.136. The summed E-state index contributed by atoms with van der Waals surface area (Å²) >= 11 is 0. The van der Waals surface area contributed by atoms with Crippen LogP contribution in [0.4, 0.5) is 0 Å². The Morgan fingerprint density at radius 3 is 2.72 bits per heavy atom. The van der Waals surface area contributed by atoms with Crippen molar-refractivity contribution >= 4 is 17.7 Å². The first-order valence-corrected chi connectivity index (χ1v) is 10.6. The fourth-order valence-corrected chi connectivity index (χ4v) is 4.96. The zero-order valence-electron chi connectivity index (χ0n) is 17.2. The average molecular weight is 399 g/mol. The van der Waals surface area contributed by atoms with Crippen LogP contribution in [-0.4, -0.2) is 52.7 Å². The predicted molar refractivity (Wildman–Crippen MR) is 109 cm³/mol. The SMILES string of the molecule is CC(C)C1CN(Cc2cccc3c2CN(C2CCC(=O)NC2=O)C3=O)CCC1N. The molecule has 7 nitrogen and oxygen atoms in total. The van der Waals surface area contributed by atoms with Gasteiger partial charge in [0.25, 0.3) is 5.91 Å². The van der Waals surface area contributed by atoms with Crippen LogP contribution in [0, 0.1) is 11.8 Å². The Labute approximate surface area is 171 Å². The van der Waals surface area contributed by atoms with E-state index in [1.807, 2.05) is 12.1 Å². The van der Waals surface area contributed by atoms with E-state index < -0.39 is 6.04 Å². The Morgan fingerprint density at radius 2 is 2.00 bits per heavy atom. The van der Waals surface area contributed by atoms with Gasteiger partial charge in [0.15, 0.2) is 0 Å². The van der Waals surface area contributed by atoms with Crippen molar-refractivity contribution in [3.05, 3.63) is 34.9 Å². The number of rotatable bonds is 4. The number of nitrogens with two attached hydrogens (primary N) is 1. The molecule has 1 aromatic carbocycles. The summed E-state index contributed by atoms with van der Waals surface area (Å²) in [6.45, 7) is 7.59. The molecule has 0 aliphatic carbocycles. The molecule has 1 aromatic rings. The topological polar surface area (TPSA) is 95.7 Å². The molecule has 29 heavy (non-hydrogen) atoms. The van der Waals surface area contributed by atoms with Crippen LogP contribution in [0.5, 0.6) is 0 Å². The quantitative estimate of drug-likeness (QED) is 0.745. The molecule has 3 N–H and O–H groups in total. The molecule has 3 atom stereocenters. The summed E-state index contributed by atoms with van der Waals surface area (Å²) in [5.41, 5.74) is 9.16. The Hall–Kier alpha value is -2.25. The zero-order valence-corrected chi connectivity index (χ0v) is 17.2. The first kappa shape index (κ1) is 20.0. The Kier molecular flexibility index (Phi) is 5.44. The second-order valence-corrected chi connectivity index (χ2v) is 8.94. The molecule has 3 heterocycles. The fraction of sp³-hybridized carbons (Fsp3) is 0.591. The number of benzene rings is 1. The van der Waals surface area contributed by atoms with Crippen LogP contribution in [0.2, 0.25) is 0 Å². The zero-order chi connectivity index (χ0) is 20.7. The summed E-state index contributed by atoms with van der Waals surface area (Å²) in [5.74, 6) is 0.269. The van der Waals surface area contributed by atoms with Crippen LogP contribution in [0.1, 0.15) is 54.6 Å². The molecule has 7 heteroatoms. The largest absolute Gasteiger partial charge is 0.327 e. The van der Waals surface area contributed by atoms with Gasteiger partial charge in [0, 0.05) is 37.7 Å². The van der Waals surface area contributed by atoms with E-state index in [0.717, 1.165) is 37.2 Å². The number of imide groups is 1. The van der Waals surface area contributed by atoms with Crippen molar-refractivity contribution < 1.29 is 14.4 Å². The number of nitrogens with one attached hydrogen (secondary N) is 1. The number of carbonyl (C=O) groups is 3. The highest BCUT2D eigenvalue weighted by atomic mass is 16.2. The number of likely N-dealkylation sites (tertiary alicyclic amines) is 1. The van der Waals surface area contributed by atoms with Crippen molar-refractivity contribution in [3.63, 3.8) is 0 Å². The molecule has 0 radical (unpaired) electrons. The van der Waals surface area contributed by atoms with Gasteiger partial charge in [-0.25, -0.2) is 0 Å². The van der Waals surface area contributed by atoms with Crippen LogP contribution in [0.25, 0.3) is 0 Å². The maximum absolute atomic E-state index is 13.0. The van der Waals surface area contributed by atoms with E-state index in [-0.39, 0.29) is 30.2 Å². The molecule has 0 spiro atoms. The third kappa shape index (κ3) is 3.81. The predicted octanol–water partition coefficient (Wildman–Crippen LogP) is 1.25. The van der Waals surface area contributed by atoms with E-state index in [0.29, 0.717) is 30.4 Å².